The van der Waals surface area contributed by atoms with Gasteiger partial charge in [0.1, 0.15) is 5.75 Å². The molecule has 2 rings (SSSR count). The van der Waals surface area contributed by atoms with Crippen molar-refractivity contribution in [3.05, 3.63) is 23.2 Å². The number of amides is 1. The molecule has 1 aromatic rings. The quantitative estimate of drug-likeness (QED) is 0.792. The third-order valence-corrected chi connectivity index (χ3v) is 3.27. The van der Waals surface area contributed by atoms with E-state index < -0.39 is 0 Å². The molecule has 0 radical (unpaired) electrons. The second-order valence-corrected chi connectivity index (χ2v) is 4.97. The number of hydrogen-bond acceptors (Lipinski definition) is 2. The van der Waals surface area contributed by atoms with Crippen LogP contribution in [0.2, 0.25) is 5.02 Å². The monoisotopic (exact) mass is 277 g/mol. The Labute approximate surface area is 118 Å². The van der Waals surface area contributed by atoms with Crippen LogP contribution in [0.1, 0.15) is 19.8 Å². The van der Waals surface area contributed by atoms with Crippen LogP contribution in [0.25, 0.3) is 0 Å². The van der Waals surface area contributed by atoms with E-state index in [4.69, 9.17) is 22.8 Å². The highest BCUT2D eigenvalue weighted by Crippen LogP contribution is 2.35. The summed E-state index contributed by atoms with van der Waals surface area (Å²) in [6.07, 6.45) is 6.69. The van der Waals surface area contributed by atoms with E-state index in [1.54, 1.807) is 23.1 Å². The van der Waals surface area contributed by atoms with Gasteiger partial charge in [-0.05, 0) is 24.6 Å². The number of anilines is 1. The Morgan fingerprint density at radius 2 is 2.37 bits per heavy atom. The first-order valence-corrected chi connectivity index (χ1v) is 6.72. The second-order valence-electron chi connectivity index (χ2n) is 4.53. The topological polar surface area (TPSA) is 29.5 Å². The maximum absolute atomic E-state index is 12.0. The van der Waals surface area contributed by atoms with Crippen LogP contribution in [0.15, 0.2) is 18.2 Å². The molecular formula is C15H16ClNO2. The Morgan fingerprint density at radius 1 is 1.58 bits per heavy atom. The summed E-state index contributed by atoms with van der Waals surface area (Å²) >= 11 is 6.01. The van der Waals surface area contributed by atoms with Crippen molar-refractivity contribution in [3.8, 4) is 18.1 Å². The van der Waals surface area contributed by atoms with Gasteiger partial charge in [-0.15, -0.1) is 12.3 Å². The van der Waals surface area contributed by atoms with Gasteiger partial charge in [0.05, 0.1) is 12.3 Å². The van der Waals surface area contributed by atoms with Gasteiger partial charge in [-0.2, -0.15) is 0 Å². The summed E-state index contributed by atoms with van der Waals surface area (Å²) < 4.78 is 5.67. The lowest BCUT2D eigenvalue weighted by Gasteiger charge is -2.20. The molecule has 3 nitrogen and oxygen atoms in total. The molecule has 0 saturated carbocycles. The van der Waals surface area contributed by atoms with Crippen molar-refractivity contribution < 1.29 is 9.53 Å². The number of benzene rings is 1. The first-order chi connectivity index (χ1) is 9.15. The molecule has 1 unspecified atom stereocenters. The lowest BCUT2D eigenvalue weighted by atomic mass is 10.1. The van der Waals surface area contributed by atoms with Crippen molar-refractivity contribution >= 4 is 23.2 Å². The Kier molecular flexibility index (Phi) is 4.34. The fraction of sp³-hybridized carbons (Fsp3) is 0.400. The number of halogens is 1. The van der Waals surface area contributed by atoms with Crippen LogP contribution in [0.5, 0.6) is 5.75 Å². The van der Waals surface area contributed by atoms with Gasteiger partial charge in [0.25, 0.3) is 0 Å². The average Bonchev–Trinajstić information content (AvgIpc) is 2.78. The smallest absolute Gasteiger partial charge is 0.228 e. The predicted molar refractivity (Wildman–Crippen MR) is 76.5 cm³/mol. The van der Waals surface area contributed by atoms with E-state index >= 15 is 0 Å². The minimum atomic E-state index is -0.0366. The molecule has 1 aliphatic heterocycles. The molecule has 1 amide bonds. The molecule has 1 fully saturated rings. The maximum atomic E-state index is 12.0. The van der Waals surface area contributed by atoms with E-state index in [1.165, 1.54) is 0 Å². The minimum Gasteiger partial charge on any atom is -0.491 e. The zero-order valence-electron chi connectivity index (χ0n) is 10.9. The molecule has 1 aliphatic rings. The van der Waals surface area contributed by atoms with Crippen LogP contribution in [-0.4, -0.2) is 19.1 Å². The summed E-state index contributed by atoms with van der Waals surface area (Å²) in [5.41, 5.74) is 0.712. The highest BCUT2D eigenvalue weighted by atomic mass is 35.5. The highest BCUT2D eigenvalue weighted by molar-refractivity contribution is 6.31. The molecule has 100 valence electrons. The van der Waals surface area contributed by atoms with Crippen molar-refractivity contribution in [1.29, 1.82) is 0 Å². The van der Waals surface area contributed by atoms with Crippen molar-refractivity contribution in [3.63, 3.8) is 0 Å². The molecule has 4 heteroatoms. The van der Waals surface area contributed by atoms with Gasteiger partial charge in [0.15, 0.2) is 0 Å². The summed E-state index contributed by atoms with van der Waals surface area (Å²) in [5.74, 6) is 3.30. The first-order valence-electron chi connectivity index (χ1n) is 6.34. The SMILES string of the molecule is C#CC1CC(=O)N(c2cc(Cl)ccc2OCCC)C1. The summed E-state index contributed by atoms with van der Waals surface area (Å²) in [6.45, 7) is 3.17. The third-order valence-electron chi connectivity index (χ3n) is 3.03. The van der Waals surface area contributed by atoms with E-state index in [9.17, 15) is 4.79 Å². The fourth-order valence-corrected chi connectivity index (χ4v) is 2.25. The molecule has 0 aliphatic carbocycles. The number of hydrogen-bond donors (Lipinski definition) is 0. The molecule has 19 heavy (non-hydrogen) atoms. The molecule has 1 heterocycles. The Hall–Kier alpha value is -1.66. The second kappa shape index (κ2) is 5.99. The van der Waals surface area contributed by atoms with Gasteiger partial charge in [-0.3, -0.25) is 4.79 Å². The maximum Gasteiger partial charge on any atom is 0.228 e. The van der Waals surface area contributed by atoms with Gasteiger partial charge in [-0.1, -0.05) is 18.5 Å². The Balaban J connectivity index is 2.30. The number of nitrogens with zero attached hydrogens (tertiary/aromatic N) is 1. The summed E-state index contributed by atoms with van der Waals surface area (Å²) in [5, 5.41) is 0.579. The lowest BCUT2D eigenvalue weighted by Crippen LogP contribution is -2.25. The Bertz CT molecular complexity index is 521. The molecule has 0 spiro atoms. The van der Waals surface area contributed by atoms with Gasteiger partial charge in [0.2, 0.25) is 5.91 Å². The zero-order valence-corrected chi connectivity index (χ0v) is 11.6. The van der Waals surface area contributed by atoms with E-state index in [0.29, 0.717) is 36.0 Å². The van der Waals surface area contributed by atoms with Crippen molar-refractivity contribution in [2.75, 3.05) is 18.1 Å². The minimum absolute atomic E-state index is 0.0200. The number of terminal acetylenes is 1. The molecular weight excluding hydrogens is 262 g/mol. The lowest BCUT2D eigenvalue weighted by molar-refractivity contribution is -0.117. The predicted octanol–water partition coefficient (Wildman–Crippen LogP) is 3.11. The zero-order chi connectivity index (χ0) is 13.8. The molecule has 1 atom stereocenters. The van der Waals surface area contributed by atoms with Crippen LogP contribution in [-0.2, 0) is 4.79 Å². The van der Waals surface area contributed by atoms with Crippen LogP contribution in [0.3, 0.4) is 0 Å². The van der Waals surface area contributed by atoms with E-state index in [2.05, 4.69) is 5.92 Å². The number of ether oxygens (including phenoxy) is 1. The molecule has 1 saturated heterocycles. The van der Waals surface area contributed by atoms with Crippen molar-refractivity contribution in [2.24, 2.45) is 5.92 Å². The standard InChI is InChI=1S/C15H16ClNO2/c1-3-7-19-14-6-5-12(16)9-13(14)17-10-11(4-2)8-15(17)18/h2,5-6,9,11H,3,7-8,10H2,1H3. The highest BCUT2D eigenvalue weighted by Gasteiger charge is 2.31. The fourth-order valence-electron chi connectivity index (χ4n) is 2.09. The van der Waals surface area contributed by atoms with Crippen LogP contribution in [0.4, 0.5) is 5.69 Å². The molecule has 0 N–H and O–H groups in total. The van der Waals surface area contributed by atoms with Gasteiger partial charge in [0, 0.05) is 23.9 Å². The average molecular weight is 278 g/mol. The van der Waals surface area contributed by atoms with E-state index in [0.717, 1.165) is 6.42 Å². The third kappa shape index (κ3) is 3.02. The van der Waals surface area contributed by atoms with Crippen LogP contribution < -0.4 is 9.64 Å². The van der Waals surface area contributed by atoms with Crippen LogP contribution in [0, 0.1) is 18.3 Å². The van der Waals surface area contributed by atoms with E-state index in [-0.39, 0.29) is 11.8 Å². The number of carbonyl (C=O) groups is 1. The van der Waals surface area contributed by atoms with Gasteiger partial charge >= 0.3 is 0 Å². The molecule has 0 aromatic heterocycles. The number of carbonyl (C=O) groups excluding carboxylic acids is 1. The van der Waals surface area contributed by atoms with E-state index in [1.807, 2.05) is 6.92 Å². The first kappa shape index (κ1) is 13.8. The molecule has 0 bridgehead atoms. The van der Waals surface area contributed by atoms with Gasteiger partial charge in [-0.25, -0.2) is 0 Å². The number of rotatable bonds is 4. The van der Waals surface area contributed by atoms with Crippen molar-refractivity contribution in [1.82, 2.24) is 0 Å². The summed E-state index contributed by atoms with van der Waals surface area (Å²) in [7, 11) is 0. The summed E-state index contributed by atoms with van der Waals surface area (Å²) in [6, 6.07) is 5.31. The molecule has 1 aromatic carbocycles. The van der Waals surface area contributed by atoms with Crippen molar-refractivity contribution in [2.45, 2.75) is 19.8 Å². The normalized spacial score (nSPS) is 18.5. The van der Waals surface area contributed by atoms with Gasteiger partial charge < -0.3 is 9.64 Å². The summed E-state index contributed by atoms with van der Waals surface area (Å²) in [4.78, 5) is 13.7. The Morgan fingerprint density at radius 3 is 3.00 bits per heavy atom. The van der Waals surface area contributed by atoms with Crippen LogP contribution >= 0.6 is 11.6 Å². The largest absolute Gasteiger partial charge is 0.491 e.